The molecule has 0 aliphatic carbocycles. The van der Waals surface area contributed by atoms with Crippen LogP contribution in [0.5, 0.6) is 5.75 Å². The monoisotopic (exact) mass is 339 g/mol. The first kappa shape index (κ1) is 16.6. The third kappa shape index (κ3) is 3.54. The Bertz CT molecular complexity index is 788. The highest BCUT2D eigenvalue weighted by Crippen LogP contribution is 2.29. The first-order valence-electron chi connectivity index (χ1n) is 6.86. The Labute approximate surface area is 136 Å². The summed E-state index contributed by atoms with van der Waals surface area (Å²) in [6, 6.07) is 10.2. The molecular weight excluding hydrogens is 322 g/mol. The molecule has 22 heavy (non-hydrogen) atoms. The van der Waals surface area contributed by atoms with Crippen LogP contribution >= 0.6 is 11.6 Å². The lowest BCUT2D eigenvalue weighted by molar-refractivity contribution is 0.342. The molecule has 0 radical (unpaired) electrons. The fraction of sp³-hybridized carbons (Fsp3) is 0.250. The number of hydrogen-bond donors (Lipinski definition) is 1. The van der Waals surface area contributed by atoms with Crippen LogP contribution in [0, 0.1) is 13.8 Å². The summed E-state index contributed by atoms with van der Waals surface area (Å²) in [7, 11) is -3.71. The van der Waals surface area contributed by atoms with Crippen LogP contribution in [0.4, 0.5) is 5.69 Å². The van der Waals surface area contributed by atoms with Crippen LogP contribution in [0.2, 0.25) is 5.02 Å². The van der Waals surface area contributed by atoms with Crippen molar-refractivity contribution in [1.82, 2.24) is 0 Å². The van der Waals surface area contributed by atoms with Gasteiger partial charge in [0.2, 0.25) is 0 Å². The molecule has 0 saturated carbocycles. The zero-order valence-corrected chi connectivity index (χ0v) is 14.3. The number of benzene rings is 2. The zero-order chi connectivity index (χ0) is 16.3. The first-order valence-corrected chi connectivity index (χ1v) is 8.72. The average Bonchev–Trinajstić information content (AvgIpc) is 2.45. The first-order chi connectivity index (χ1) is 10.3. The van der Waals surface area contributed by atoms with Gasteiger partial charge in [-0.15, -0.1) is 0 Å². The highest BCUT2D eigenvalue weighted by Gasteiger charge is 2.19. The van der Waals surface area contributed by atoms with Crippen molar-refractivity contribution in [2.45, 2.75) is 25.7 Å². The van der Waals surface area contributed by atoms with Crippen molar-refractivity contribution in [3.8, 4) is 5.75 Å². The number of aryl methyl sites for hydroxylation is 2. The van der Waals surface area contributed by atoms with E-state index in [0.29, 0.717) is 34.2 Å². The summed E-state index contributed by atoms with van der Waals surface area (Å²) >= 11 is 6.03. The van der Waals surface area contributed by atoms with E-state index in [9.17, 15) is 8.42 Å². The van der Waals surface area contributed by atoms with E-state index in [1.165, 1.54) is 0 Å². The summed E-state index contributed by atoms with van der Waals surface area (Å²) in [6.07, 6.45) is 0. The van der Waals surface area contributed by atoms with E-state index in [4.69, 9.17) is 16.3 Å². The Kier molecular flexibility index (Phi) is 4.98. The minimum Gasteiger partial charge on any atom is -0.492 e. The Hall–Kier alpha value is -1.72. The molecule has 0 heterocycles. The van der Waals surface area contributed by atoms with Crippen molar-refractivity contribution in [3.05, 3.63) is 52.5 Å². The summed E-state index contributed by atoms with van der Waals surface area (Å²) in [5, 5.41) is 0.547. The molecule has 0 aliphatic heterocycles. The van der Waals surface area contributed by atoms with Gasteiger partial charge in [0.15, 0.2) is 0 Å². The number of para-hydroxylation sites is 2. The van der Waals surface area contributed by atoms with Gasteiger partial charge in [-0.3, -0.25) is 4.72 Å². The SMILES string of the molecule is CCOc1ccccc1NS(=O)(=O)c1cc(C)c(Cl)cc1C. The predicted octanol–water partition coefficient (Wildman–Crippen LogP) is 4.16. The fourth-order valence-corrected chi connectivity index (χ4v) is 3.68. The van der Waals surface area contributed by atoms with Crippen LogP contribution in [0.15, 0.2) is 41.3 Å². The van der Waals surface area contributed by atoms with E-state index in [2.05, 4.69) is 4.72 Å². The van der Waals surface area contributed by atoms with Crippen LogP contribution in [0.3, 0.4) is 0 Å². The normalized spacial score (nSPS) is 11.3. The van der Waals surface area contributed by atoms with E-state index in [1.807, 2.05) is 6.92 Å². The van der Waals surface area contributed by atoms with Gasteiger partial charge in [-0.05, 0) is 56.2 Å². The van der Waals surface area contributed by atoms with Crippen LogP contribution in [-0.4, -0.2) is 15.0 Å². The largest absolute Gasteiger partial charge is 0.492 e. The van der Waals surface area contributed by atoms with Gasteiger partial charge in [0.05, 0.1) is 17.2 Å². The van der Waals surface area contributed by atoms with Crippen molar-refractivity contribution < 1.29 is 13.2 Å². The highest BCUT2D eigenvalue weighted by molar-refractivity contribution is 7.92. The van der Waals surface area contributed by atoms with Crippen molar-refractivity contribution >= 4 is 27.3 Å². The lowest BCUT2D eigenvalue weighted by Crippen LogP contribution is -2.15. The standard InChI is InChI=1S/C16H18ClNO3S/c1-4-21-15-8-6-5-7-14(15)18-22(19,20)16-10-11(2)13(17)9-12(16)3/h5-10,18H,4H2,1-3H3. The molecule has 0 atom stereocenters. The Morgan fingerprint density at radius 1 is 1.14 bits per heavy atom. The second kappa shape index (κ2) is 6.58. The van der Waals surface area contributed by atoms with Crippen molar-refractivity contribution in [2.24, 2.45) is 0 Å². The molecule has 4 nitrogen and oxygen atoms in total. The molecule has 0 saturated heterocycles. The van der Waals surface area contributed by atoms with E-state index in [-0.39, 0.29) is 4.90 Å². The van der Waals surface area contributed by atoms with Gasteiger partial charge in [-0.1, -0.05) is 23.7 Å². The molecule has 0 bridgehead atoms. The maximum Gasteiger partial charge on any atom is 0.262 e. The molecule has 0 spiro atoms. The number of ether oxygens (including phenoxy) is 1. The average molecular weight is 340 g/mol. The molecule has 2 aromatic rings. The summed E-state index contributed by atoms with van der Waals surface area (Å²) in [4.78, 5) is 0.209. The maximum absolute atomic E-state index is 12.6. The van der Waals surface area contributed by atoms with Crippen LogP contribution in [0.1, 0.15) is 18.1 Å². The van der Waals surface area contributed by atoms with Gasteiger partial charge in [-0.25, -0.2) is 8.42 Å². The van der Waals surface area contributed by atoms with E-state index in [0.717, 1.165) is 0 Å². The molecule has 6 heteroatoms. The van der Waals surface area contributed by atoms with Crippen LogP contribution < -0.4 is 9.46 Å². The predicted molar refractivity (Wildman–Crippen MR) is 89.3 cm³/mol. The molecule has 0 aromatic heterocycles. The summed E-state index contributed by atoms with van der Waals surface area (Å²) in [5.41, 5.74) is 1.72. The highest BCUT2D eigenvalue weighted by atomic mass is 35.5. The van der Waals surface area contributed by atoms with E-state index < -0.39 is 10.0 Å². The summed E-state index contributed by atoms with van der Waals surface area (Å²) in [5.74, 6) is 0.497. The van der Waals surface area contributed by atoms with Crippen molar-refractivity contribution in [1.29, 1.82) is 0 Å². The number of halogens is 1. The lowest BCUT2D eigenvalue weighted by atomic mass is 10.2. The molecule has 0 amide bonds. The molecule has 2 rings (SSSR count). The minimum absolute atomic E-state index is 0.209. The second-order valence-corrected chi connectivity index (χ2v) is 6.96. The Balaban J connectivity index is 2.43. The maximum atomic E-state index is 12.6. The van der Waals surface area contributed by atoms with Gasteiger partial charge < -0.3 is 4.74 Å². The van der Waals surface area contributed by atoms with Gasteiger partial charge in [0.25, 0.3) is 10.0 Å². The molecule has 0 fully saturated rings. The number of rotatable bonds is 5. The lowest BCUT2D eigenvalue weighted by Gasteiger charge is -2.14. The Morgan fingerprint density at radius 2 is 1.82 bits per heavy atom. The number of sulfonamides is 1. The second-order valence-electron chi connectivity index (χ2n) is 4.90. The third-order valence-electron chi connectivity index (χ3n) is 3.18. The third-order valence-corrected chi connectivity index (χ3v) is 5.09. The van der Waals surface area contributed by atoms with Gasteiger partial charge in [0.1, 0.15) is 5.75 Å². The smallest absolute Gasteiger partial charge is 0.262 e. The topological polar surface area (TPSA) is 55.4 Å². The molecule has 118 valence electrons. The van der Waals surface area contributed by atoms with Crippen LogP contribution in [-0.2, 0) is 10.0 Å². The molecule has 0 unspecified atom stereocenters. The molecule has 1 N–H and O–H groups in total. The van der Waals surface area contributed by atoms with E-state index >= 15 is 0 Å². The summed E-state index contributed by atoms with van der Waals surface area (Å²) < 4.78 is 33.3. The number of hydrogen-bond acceptors (Lipinski definition) is 3. The van der Waals surface area contributed by atoms with Gasteiger partial charge >= 0.3 is 0 Å². The molecule has 2 aromatic carbocycles. The van der Waals surface area contributed by atoms with Gasteiger partial charge in [0, 0.05) is 5.02 Å². The molecule has 0 aliphatic rings. The van der Waals surface area contributed by atoms with Crippen molar-refractivity contribution in [3.63, 3.8) is 0 Å². The number of nitrogens with one attached hydrogen (secondary N) is 1. The molecular formula is C16H18ClNO3S. The quantitative estimate of drug-likeness (QED) is 0.890. The Morgan fingerprint density at radius 3 is 2.50 bits per heavy atom. The fourth-order valence-electron chi connectivity index (χ4n) is 2.08. The van der Waals surface area contributed by atoms with Crippen molar-refractivity contribution in [2.75, 3.05) is 11.3 Å². The number of anilines is 1. The minimum atomic E-state index is -3.71. The van der Waals surface area contributed by atoms with Gasteiger partial charge in [-0.2, -0.15) is 0 Å². The zero-order valence-electron chi connectivity index (χ0n) is 12.7. The van der Waals surface area contributed by atoms with E-state index in [1.54, 1.807) is 50.2 Å². The summed E-state index contributed by atoms with van der Waals surface area (Å²) in [6.45, 7) is 5.79. The van der Waals surface area contributed by atoms with Crippen LogP contribution in [0.25, 0.3) is 0 Å².